The van der Waals surface area contributed by atoms with E-state index in [0.29, 0.717) is 6.04 Å². The minimum absolute atomic E-state index is 0.307. The first kappa shape index (κ1) is 15.8. The van der Waals surface area contributed by atoms with Gasteiger partial charge in [0.2, 0.25) is 0 Å². The van der Waals surface area contributed by atoms with Crippen LogP contribution in [0.25, 0.3) is 0 Å². The highest BCUT2D eigenvalue weighted by molar-refractivity contribution is 5.43. The second-order valence-corrected chi connectivity index (χ2v) is 4.95. The average Bonchev–Trinajstić information content (AvgIpc) is 2.42. The van der Waals surface area contributed by atoms with Crippen molar-refractivity contribution < 1.29 is 9.47 Å². The highest BCUT2D eigenvalue weighted by Crippen LogP contribution is 2.29. The summed E-state index contributed by atoms with van der Waals surface area (Å²) in [5.74, 6) is 1.55. The van der Waals surface area contributed by atoms with Crippen LogP contribution >= 0.6 is 0 Å². The summed E-state index contributed by atoms with van der Waals surface area (Å²) in [6.45, 7) is 4.27. The van der Waals surface area contributed by atoms with E-state index in [1.54, 1.807) is 14.2 Å². The highest BCUT2D eigenvalue weighted by atomic mass is 16.5. The van der Waals surface area contributed by atoms with E-state index in [1.807, 2.05) is 12.1 Å². The van der Waals surface area contributed by atoms with Gasteiger partial charge in [0, 0.05) is 6.04 Å². The molecule has 19 heavy (non-hydrogen) atoms. The smallest absolute Gasteiger partial charge is 0.161 e. The fourth-order valence-corrected chi connectivity index (χ4v) is 1.95. The van der Waals surface area contributed by atoms with Crippen molar-refractivity contribution in [2.75, 3.05) is 41.4 Å². The molecule has 0 radical (unpaired) electrons. The molecular weight excluding hydrogens is 240 g/mol. The minimum atomic E-state index is 0.307. The quantitative estimate of drug-likeness (QED) is 0.732. The topological polar surface area (TPSA) is 33.7 Å². The third-order valence-electron chi connectivity index (χ3n) is 3.14. The number of nitrogens with one attached hydrogen (secondary N) is 1. The number of benzene rings is 1. The van der Waals surface area contributed by atoms with Crippen molar-refractivity contribution in [1.29, 1.82) is 0 Å². The van der Waals surface area contributed by atoms with Gasteiger partial charge in [-0.25, -0.2) is 0 Å². The molecule has 0 bridgehead atoms. The molecule has 0 saturated carbocycles. The molecule has 1 rings (SSSR count). The van der Waals surface area contributed by atoms with Gasteiger partial charge in [-0.15, -0.1) is 0 Å². The Morgan fingerprint density at radius 2 is 1.84 bits per heavy atom. The summed E-state index contributed by atoms with van der Waals surface area (Å²) < 4.78 is 10.6. The van der Waals surface area contributed by atoms with E-state index in [-0.39, 0.29) is 0 Å². The Bertz CT molecular complexity index is 380. The summed E-state index contributed by atoms with van der Waals surface area (Å²) in [4.78, 5) is 2.20. The van der Waals surface area contributed by atoms with Crippen LogP contribution in [-0.2, 0) is 0 Å². The molecule has 1 atom stereocenters. The highest BCUT2D eigenvalue weighted by Gasteiger charge is 2.09. The van der Waals surface area contributed by atoms with E-state index in [4.69, 9.17) is 9.47 Å². The largest absolute Gasteiger partial charge is 0.493 e. The predicted molar refractivity (Wildman–Crippen MR) is 79.1 cm³/mol. The molecule has 0 aliphatic carbocycles. The van der Waals surface area contributed by atoms with Gasteiger partial charge in [-0.1, -0.05) is 6.07 Å². The molecule has 0 amide bonds. The van der Waals surface area contributed by atoms with Gasteiger partial charge in [0.1, 0.15) is 0 Å². The maximum absolute atomic E-state index is 5.32. The van der Waals surface area contributed by atoms with Crippen molar-refractivity contribution in [3.8, 4) is 11.5 Å². The fourth-order valence-electron chi connectivity index (χ4n) is 1.95. The van der Waals surface area contributed by atoms with Crippen LogP contribution in [0.1, 0.15) is 24.9 Å². The standard InChI is InChI=1S/C15H26N2O2/c1-12(16-9-6-10-17(2)3)13-7-8-14(18-4)15(11-13)19-5/h7-8,11-12,16H,6,9-10H2,1-5H3. The van der Waals surface area contributed by atoms with Gasteiger partial charge in [0.15, 0.2) is 11.5 Å². The zero-order chi connectivity index (χ0) is 14.3. The Balaban J connectivity index is 2.54. The van der Waals surface area contributed by atoms with Gasteiger partial charge in [-0.3, -0.25) is 0 Å². The van der Waals surface area contributed by atoms with Gasteiger partial charge >= 0.3 is 0 Å². The molecule has 4 heteroatoms. The van der Waals surface area contributed by atoms with E-state index in [0.717, 1.165) is 31.0 Å². The number of rotatable bonds is 8. The van der Waals surface area contributed by atoms with Crippen LogP contribution in [-0.4, -0.2) is 46.3 Å². The Labute approximate surface area is 116 Å². The van der Waals surface area contributed by atoms with Crippen molar-refractivity contribution in [3.63, 3.8) is 0 Å². The third kappa shape index (κ3) is 5.09. The van der Waals surface area contributed by atoms with Gasteiger partial charge in [-0.05, 0) is 58.2 Å². The Kier molecular flexibility index (Phi) is 6.67. The van der Waals surface area contributed by atoms with Gasteiger partial charge in [0.05, 0.1) is 14.2 Å². The van der Waals surface area contributed by atoms with E-state index < -0.39 is 0 Å². The molecule has 0 spiro atoms. The maximum atomic E-state index is 5.32. The molecule has 1 aromatic rings. The number of ether oxygens (including phenoxy) is 2. The number of hydrogen-bond acceptors (Lipinski definition) is 4. The SMILES string of the molecule is COc1ccc(C(C)NCCCN(C)C)cc1OC. The number of nitrogens with zero attached hydrogens (tertiary/aromatic N) is 1. The maximum Gasteiger partial charge on any atom is 0.161 e. The van der Waals surface area contributed by atoms with Gasteiger partial charge < -0.3 is 19.7 Å². The van der Waals surface area contributed by atoms with Crippen molar-refractivity contribution >= 4 is 0 Å². The second-order valence-electron chi connectivity index (χ2n) is 4.95. The first-order valence-corrected chi connectivity index (χ1v) is 6.68. The normalized spacial score (nSPS) is 12.5. The zero-order valence-corrected chi connectivity index (χ0v) is 12.7. The van der Waals surface area contributed by atoms with Crippen LogP contribution < -0.4 is 14.8 Å². The molecule has 1 N–H and O–H groups in total. The lowest BCUT2D eigenvalue weighted by Crippen LogP contribution is -2.23. The average molecular weight is 266 g/mol. The molecule has 0 aromatic heterocycles. The summed E-state index contributed by atoms with van der Waals surface area (Å²) >= 11 is 0. The lowest BCUT2D eigenvalue weighted by molar-refractivity contribution is 0.353. The van der Waals surface area contributed by atoms with Crippen molar-refractivity contribution in [2.24, 2.45) is 0 Å². The summed E-state index contributed by atoms with van der Waals surface area (Å²) in [6.07, 6.45) is 1.14. The van der Waals surface area contributed by atoms with E-state index in [9.17, 15) is 0 Å². The lowest BCUT2D eigenvalue weighted by Gasteiger charge is -2.17. The molecule has 4 nitrogen and oxygen atoms in total. The van der Waals surface area contributed by atoms with Crippen LogP contribution in [0.2, 0.25) is 0 Å². The summed E-state index contributed by atoms with van der Waals surface area (Å²) in [5.41, 5.74) is 1.21. The molecule has 0 saturated heterocycles. The Hall–Kier alpha value is -1.26. The summed E-state index contributed by atoms with van der Waals surface area (Å²) in [7, 11) is 7.51. The fraction of sp³-hybridized carbons (Fsp3) is 0.600. The predicted octanol–water partition coefficient (Wildman–Crippen LogP) is 2.31. The summed E-state index contributed by atoms with van der Waals surface area (Å²) in [5, 5.41) is 3.52. The third-order valence-corrected chi connectivity index (χ3v) is 3.14. The molecule has 0 aliphatic rings. The summed E-state index contributed by atoms with van der Waals surface area (Å²) in [6, 6.07) is 6.36. The van der Waals surface area contributed by atoms with Crippen LogP contribution in [0.3, 0.4) is 0 Å². The van der Waals surface area contributed by atoms with Crippen LogP contribution in [0.4, 0.5) is 0 Å². The van der Waals surface area contributed by atoms with Crippen LogP contribution in [0.5, 0.6) is 11.5 Å². The minimum Gasteiger partial charge on any atom is -0.493 e. The molecular formula is C15H26N2O2. The Morgan fingerprint density at radius 3 is 2.42 bits per heavy atom. The molecule has 108 valence electrons. The van der Waals surface area contributed by atoms with Crippen LogP contribution in [0, 0.1) is 0 Å². The monoisotopic (exact) mass is 266 g/mol. The molecule has 1 aromatic carbocycles. The van der Waals surface area contributed by atoms with Crippen molar-refractivity contribution in [1.82, 2.24) is 10.2 Å². The molecule has 0 heterocycles. The van der Waals surface area contributed by atoms with Crippen LogP contribution in [0.15, 0.2) is 18.2 Å². The first-order chi connectivity index (χ1) is 9.08. The Morgan fingerprint density at radius 1 is 1.16 bits per heavy atom. The first-order valence-electron chi connectivity index (χ1n) is 6.68. The van der Waals surface area contributed by atoms with Crippen molar-refractivity contribution in [3.05, 3.63) is 23.8 Å². The molecule has 0 aliphatic heterocycles. The number of methoxy groups -OCH3 is 2. The van der Waals surface area contributed by atoms with Gasteiger partial charge in [0.25, 0.3) is 0 Å². The molecule has 1 unspecified atom stereocenters. The van der Waals surface area contributed by atoms with E-state index in [2.05, 4.69) is 37.3 Å². The van der Waals surface area contributed by atoms with E-state index in [1.165, 1.54) is 5.56 Å². The van der Waals surface area contributed by atoms with Gasteiger partial charge in [-0.2, -0.15) is 0 Å². The lowest BCUT2D eigenvalue weighted by atomic mass is 10.1. The second kappa shape index (κ2) is 8.02. The molecule has 0 fully saturated rings. The zero-order valence-electron chi connectivity index (χ0n) is 12.7. The number of hydrogen-bond donors (Lipinski definition) is 1. The van der Waals surface area contributed by atoms with E-state index >= 15 is 0 Å². The van der Waals surface area contributed by atoms with Crippen molar-refractivity contribution in [2.45, 2.75) is 19.4 Å².